The fraction of sp³-hybridized carbons (Fsp3) is 0.467. The van der Waals surface area contributed by atoms with Crippen LogP contribution in [0.1, 0.15) is 55.8 Å². The van der Waals surface area contributed by atoms with Gasteiger partial charge >= 0.3 is 12.1 Å². The maximum absolute atomic E-state index is 13.0. The lowest BCUT2D eigenvalue weighted by molar-refractivity contribution is -0.141. The number of nitrogens with zero attached hydrogens (tertiary/aromatic N) is 2. The standard InChI is InChI=1S/C30H34ClF3N2O4S/c1-40-21-6-7-25-23(17-21)28(24(31)19-35-25)26(37)8-9-29(18-27(38)39)10-13-36(14-11-29)12-3-15-41-22-5-2-4-20(16-22)30(32,33)34/h2,4-7,16-17,19,26,37H,3,8-15,18H2,1H3,(H,38,39)/t26-/m1/s1. The van der Waals surface area contributed by atoms with E-state index in [1.54, 1.807) is 31.4 Å². The number of rotatable bonds is 12. The van der Waals surface area contributed by atoms with Crippen molar-refractivity contribution in [3.63, 3.8) is 0 Å². The van der Waals surface area contributed by atoms with E-state index in [4.69, 9.17) is 16.3 Å². The van der Waals surface area contributed by atoms with E-state index < -0.39 is 29.2 Å². The maximum Gasteiger partial charge on any atom is 0.416 e. The first-order chi connectivity index (χ1) is 19.5. The van der Waals surface area contributed by atoms with E-state index in [2.05, 4.69) is 9.88 Å². The van der Waals surface area contributed by atoms with E-state index in [1.807, 2.05) is 0 Å². The molecule has 2 N–H and O–H groups in total. The molecule has 0 amide bonds. The van der Waals surface area contributed by atoms with Crippen LogP contribution in [0.2, 0.25) is 5.02 Å². The lowest BCUT2D eigenvalue weighted by Crippen LogP contribution is -2.41. The zero-order valence-electron chi connectivity index (χ0n) is 22.8. The van der Waals surface area contributed by atoms with E-state index in [1.165, 1.54) is 30.1 Å². The summed E-state index contributed by atoms with van der Waals surface area (Å²) in [4.78, 5) is 19.0. The van der Waals surface area contributed by atoms with Crippen molar-refractivity contribution < 1.29 is 32.9 Å². The van der Waals surface area contributed by atoms with E-state index in [0.29, 0.717) is 63.6 Å². The number of hydrogen-bond donors (Lipinski definition) is 2. The van der Waals surface area contributed by atoms with Crippen molar-refractivity contribution >= 4 is 40.2 Å². The number of carboxylic acid groups (broad SMARTS) is 1. The lowest BCUT2D eigenvalue weighted by atomic mass is 9.71. The SMILES string of the molecule is COc1ccc2ncc(Cl)c([C@H](O)CCC3(CC(=O)O)CCN(CCCSc4cccc(C(F)(F)F)c4)CC3)c2c1. The number of methoxy groups -OCH3 is 1. The summed E-state index contributed by atoms with van der Waals surface area (Å²) in [5.74, 6) is 0.455. The highest BCUT2D eigenvalue weighted by molar-refractivity contribution is 7.99. The van der Waals surface area contributed by atoms with Crippen LogP contribution < -0.4 is 4.74 Å². The molecular weight excluding hydrogens is 577 g/mol. The van der Waals surface area contributed by atoms with Crippen molar-refractivity contribution in [2.24, 2.45) is 5.41 Å². The maximum atomic E-state index is 13.0. The summed E-state index contributed by atoms with van der Waals surface area (Å²) in [5.41, 5.74) is 0.168. The monoisotopic (exact) mass is 610 g/mol. The number of ether oxygens (including phenoxy) is 1. The van der Waals surface area contributed by atoms with Gasteiger partial charge in [0.1, 0.15) is 5.75 Å². The average molecular weight is 611 g/mol. The normalized spacial score (nSPS) is 16.5. The van der Waals surface area contributed by atoms with Crippen molar-refractivity contribution in [3.8, 4) is 5.75 Å². The smallest absolute Gasteiger partial charge is 0.416 e. The molecule has 0 spiro atoms. The number of alkyl halides is 3. The number of carboxylic acids is 1. The van der Waals surface area contributed by atoms with Crippen molar-refractivity contribution in [2.75, 3.05) is 32.5 Å². The number of benzene rings is 2. The molecule has 222 valence electrons. The van der Waals surface area contributed by atoms with Crippen LogP contribution in [0.4, 0.5) is 13.2 Å². The summed E-state index contributed by atoms with van der Waals surface area (Å²) in [6.45, 7) is 2.25. The molecule has 1 fully saturated rings. The van der Waals surface area contributed by atoms with E-state index in [9.17, 15) is 28.2 Å². The molecule has 1 aliphatic heterocycles. The molecular formula is C30H34ClF3N2O4S. The Bertz CT molecular complexity index is 1350. The summed E-state index contributed by atoms with van der Waals surface area (Å²) in [6.07, 6.45) is -0.630. The number of piperidine rings is 1. The third-order valence-corrected chi connectivity index (χ3v) is 9.22. The zero-order valence-corrected chi connectivity index (χ0v) is 24.4. The number of aliphatic hydroxyl groups is 1. The molecule has 1 aromatic heterocycles. The topological polar surface area (TPSA) is 82.9 Å². The van der Waals surface area contributed by atoms with Crippen molar-refractivity contribution in [3.05, 3.63) is 64.8 Å². The summed E-state index contributed by atoms with van der Waals surface area (Å²) in [6, 6.07) is 10.8. The fourth-order valence-electron chi connectivity index (χ4n) is 5.55. The molecule has 0 saturated carbocycles. The highest BCUT2D eigenvalue weighted by atomic mass is 35.5. The van der Waals surface area contributed by atoms with Gasteiger partial charge in [0.05, 0.1) is 35.7 Å². The first-order valence-electron chi connectivity index (χ1n) is 13.5. The third-order valence-electron chi connectivity index (χ3n) is 7.84. The van der Waals surface area contributed by atoms with Gasteiger partial charge in [-0.3, -0.25) is 9.78 Å². The Balaban J connectivity index is 1.32. The molecule has 0 aliphatic carbocycles. The van der Waals surface area contributed by atoms with E-state index in [0.717, 1.165) is 32.1 Å². The highest BCUT2D eigenvalue weighted by Crippen LogP contribution is 2.43. The van der Waals surface area contributed by atoms with Crippen LogP contribution in [-0.4, -0.2) is 58.6 Å². The first kappa shape index (κ1) is 31.4. The molecule has 6 nitrogen and oxygen atoms in total. The Morgan fingerprint density at radius 3 is 2.66 bits per heavy atom. The molecule has 41 heavy (non-hydrogen) atoms. The largest absolute Gasteiger partial charge is 0.497 e. The van der Waals surface area contributed by atoms with Gasteiger partial charge in [-0.1, -0.05) is 17.7 Å². The Morgan fingerprint density at radius 1 is 1.22 bits per heavy atom. The number of aliphatic carboxylic acids is 1. The van der Waals surface area contributed by atoms with E-state index >= 15 is 0 Å². The summed E-state index contributed by atoms with van der Waals surface area (Å²) in [7, 11) is 1.56. The van der Waals surface area contributed by atoms with Gasteiger partial charge in [-0.25, -0.2) is 0 Å². The molecule has 2 aromatic carbocycles. The molecule has 0 bridgehead atoms. The molecule has 3 aromatic rings. The lowest BCUT2D eigenvalue weighted by Gasteiger charge is -2.41. The molecule has 1 saturated heterocycles. The molecule has 2 heterocycles. The Hall–Kier alpha value is -2.53. The minimum atomic E-state index is -4.35. The van der Waals surface area contributed by atoms with Gasteiger partial charge in [0.25, 0.3) is 0 Å². The van der Waals surface area contributed by atoms with Crippen LogP contribution in [0.5, 0.6) is 5.75 Å². The van der Waals surface area contributed by atoms with Gasteiger partial charge in [0.2, 0.25) is 0 Å². The summed E-state index contributed by atoms with van der Waals surface area (Å²) < 4.78 is 44.2. The number of hydrogen-bond acceptors (Lipinski definition) is 6. The molecule has 0 unspecified atom stereocenters. The Labute approximate surface area is 246 Å². The third kappa shape index (κ3) is 8.28. The minimum Gasteiger partial charge on any atom is -0.497 e. The number of fused-ring (bicyclic) bond motifs is 1. The molecule has 4 rings (SSSR count). The second-order valence-electron chi connectivity index (χ2n) is 10.6. The number of pyridine rings is 1. The van der Waals surface area contributed by atoms with Crippen molar-refractivity contribution in [1.29, 1.82) is 0 Å². The highest BCUT2D eigenvalue weighted by Gasteiger charge is 2.37. The van der Waals surface area contributed by atoms with Crippen LogP contribution in [0.25, 0.3) is 10.9 Å². The van der Waals surface area contributed by atoms with Crippen LogP contribution in [-0.2, 0) is 11.0 Å². The number of aromatic nitrogens is 1. The second-order valence-corrected chi connectivity index (χ2v) is 12.2. The van der Waals surface area contributed by atoms with Crippen LogP contribution in [0.15, 0.2) is 53.6 Å². The first-order valence-corrected chi connectivity index (χ1v) is 14.9. The Morgan fingerprint density at radius 2 is 1.98 bits per heavy atom. The van der Waals surface area contributed by atoms with Crippen LogP contribution in [0, 0.1) is 5.41 Å². The molecule has 0 radical (unpaired) electrons. The Kier molecular flexibility index (Phi) is 10.4. The quantitative estimate of drug-likeness (QED) is 0.163. The van der Waals surface area contributed by atoms with Gasteiger partial charge in [-0.15, -0.1) is 11.8 Å². The summed E-state index contributed by atoms with van der Waals surface area (Å²) >= 11 is 7.87. The molecule has 1 aliphatic rings. The number of likely N-dealkylation sites (tertiary alicyclic amines) is 1. The van der Waals surface area contributed by atoms with Gasteiger partial charge in [-0.2, -0.15) is 13.2 Å². The number of halogens is 4. The summed E-state index contributed by atoms with van der Waals surface area (Å²) in [5, 5.41) is 22.0. The molecule has 11 heteroatoms. The second kappa shape index (κ2) is 13.6. The van der Waals surface area contributed by atoms with Crippen LogP contribution >= 0.6 is 23.4 Å². The van der Waals surface area contributed by atoms with Gasteiger partial charge in [-0.05, 0) is 99.3 Å². The predicted octanol–water partition coefficient (Wildman–Crippen LogP) is 7.47. The van der Waals surface area contributed by atoms with E-state index in [-0.39, 0.29) is 6.42 Å². The minimum absolute atomic E-state index is 0.0254. The van der Waals surface area contributed by atoms with Gasteiger partial charge in [0.15, 0.2) is 0 Å². The zero-order chi connectivity index (χ0) is 29.6. The van der Waals surface area contributed by atoms with Gasteiger partial charge < -0.3 is 19.8 Å². The van der Waals surface area contributed by atoms with Crippen molar-refractivity contribution in [1.82, 2.24) is 9.88 Å². The molecule has 1 atom stereocenters. The number of thioether (sulfide) groups is 1. The number of carbonyl (C=O) groups is 1. The average Bonchev–Trinajstić information content (AvgIpc) is 2.94. The fourth-order valence-corrected chi connectivity index (χ4v) is 6.72. The van der Waals surface area contributed by atoms with Gasteiger partial charge in [0, 0.05) is 22.0 Å². The number of aliphatic hydroxyl groups excluding tert-OH is 1. The predicted molar refractivity (Wildman–Crippen MR) is 155 cm³/mol. The van der Waals surface area contributed by atoms with Crippen molar-refractivity contribution in [2.45, 2.75) is 55.7 Å². The van der Waals surface area contributed by atoms with Crippen LogP contribution in [0.3, 0.4) is 0 Å².